The summed E-state index contributed by atoms with van der Waals surface area (Å²) in [5, 5.41) is 11.1. The van der Waals surface area contributed by atoms with E-state index in [1.807, 2.05) is 4.68 Å². The van der Waals surface area contributed by atoms with Gasteiger partial charge in [0.15, 0.2) is 0 Å². The molecule has 8 nitrogen and oxygen atoms in total. The van der Waals surface area contributed by atoms with Crippen LogP contribution in [0.1, 0.15) is 38.6 Å². The molecule has 3 rings (SSSR count). The highest BCUT2D eigenvalue weighted by atomic mass is 16.5. The molecule has 0 aliphatic rings. The molecule has 3 heterocycles. The zero-order valence-electron chi connectivity index (χ0n) is 14.2. The quantitative estimate of drug-likeness (QED) is 0.710. The van der Waals surface area contributed by atoms with Crippen molar-refractivity contribution in [2.75, 3.05) is 5.32 Å². The largest absolute Gasteiger partial charge is 0.339 e. The third-order valence-electron chi connectivity index (χ3n) is 3.92. The lowest BCUT2D eigenvalue weighted by molar-refractivity contribution is -0.116. The highest BCUT2D eigenvalue weighted by Gasteiger charge is 2.13. The Morgan fingerprint density at radius 1 is 1.28 bits per heavy atom. The van der Waals surface area contributed by atoms with Crippen LogP contribution in [0.3, 0.4) is 0 Å². The van der Waals surface area contributed by atoms with E-state index in [9.17, 15) is 4.79 Å². The number of anilines is 1. The topological polar surface area (TPSA) is 98.7 Å². The van der Waals surface area contributed by atoms with Gasteiger partial charge in [-0.3, -0.25) is 9.78 Å². The number of nitrogens with one attached hydrogen (secondary N) is 1. The summed E-state index contributed by atoms with van der Waals surface area (Å²) < 4.78 is 7.02. The summed E-state index contributed by atoms with van der Waals surface area (Å²) in [4.78, 5) is 20.4. The number of amides is 1. The molecule has 8 heteroatoms. The van der Waals surface area contributed by atoms with E-state index in [4.69, 9.17) is 4.52 Å². The molecule has 1 amide bonds. The normalized spacial score (nSPS) is 12.1. The molecule has 0 saturated carbocycles. The maximum absolute atomic E-state index is 12.2. The van der Waals surface area contributed by atoms with Crippen LogP contribution in [0, 0.1) is 0 Å². The van der Waals surface area contributed by atoms with Crippen molar-refractivity contribution in [2.24, 2.45) is 0 Å². The first-order valence-electron chi connectivity index (χ1n) is 8.23. The fourth-order valence-corrected chi connectivity index (χ4v) is 2.34. The minimum atomic E-state index is -0.117. The first kappa shape index (κ1) is 16.8. The Hall–Kier alpha value is -3.03. The summed E-state index contributed by atoms with van der Waals surface area (Å²) >= 11 is 0. The highest BCUT2D eigenvalue weighted by molar-refractivity contribution is 5.89. The summed E-state index contributed by atoms with van der Waals surface area (Å²) in [5.41, 5.74) is 0.826. The fraction of sp³-hybridized carbons (Fsp3) is 0.353. The van der Waals surface area contributed by atoms with Gasteiger partial charge in [0, 0.05) is 36.9 Å². The van der Waals surface area contributed by atoms with Gasteiger partial charge in [0.05, 0.1) is 12.2 Å². The summed E-state index contributed by atoms with van der Waals surface area (Å²) in [7, 11) is 0. The molecule has 1 N–H and O–H groups in total. The molecule has 0 radical (unpaired) electrons. The maximum Gasteiger partial charge on any atom is 0.227 e. The van der Waals surface area contributed by atoms with Crippen LogP contribution in [0.2, 0.25) is 0 Å². The van der Waals surface area contributed by atoms with Crippen molar-refractivity contribution in [1.82, 2.24) is 24.9 Å². The van der Waals surface area contributed by atoms with E-state index in [0.717, 1.165) is 12.0 Å². The van der Waals surface area contributed by atoms with Crippen LogP contribution in [0.25, 0.3) is 11.4 Å². The van der Waals surface area contributed by atoms with Gasteiger partial charge in [-0.1, -0.05) is 12.1 Å². The summed E-state index contributed by atoms with van der Waals surface area (Å²) in [5.74, 6) is 1.50. The minimum Gasteiger partial charge on any atom is -0.339 e. The van der Waals surface area contributed by atoms with Crippen LogP contribution < -0.4 is 5.32 Å². The number of aryl methyl sites for hydroxylation is 1. The zero-order chi connectivity index (χ0) is 17.6. The average Bonchev–Trinajstić information content (AvgIpc) is 3.29. The predicted molar refractivity (Wildman–Crippen MR) is 91.7 cm³/mol. The lowest BCUT2D eigenvalue weighted by Crippen LogP contribution is -2.17. The molecule has 0 spiro atoms. The van der Waals surface area contributed by atoms with Crippen LogP contribution in [0.5, 0.6) is 0 Å². The van der Waals surface area contributed by atoms with Crippen LogP contribution in [-0.2, 0) is 11.2 Å². The molecule has 3 aromatic heterocycles. The van der Waals surface area contributed by atoms with Gasteiger partial charge in [-0.05, 0) is 25.5 Å². The van der Waals surface area contributed by atoms with Gasteiger partial charge in [0.1, 0.15) is 5.82 Å². The lowest BCUT2D eigenvalue weighted by atomic mass is 10.2. The van der Waals surface area contributed by atoms with E-state index in [0.29, 0.717) is 24.0 Å². The molecule has 130 valence electrons. The van der Waals surface area contributed by atoms with Crippen molar-refractivity contribution < 1.29 is 9.32 Å². The van der Waals surface area contributed by atoms with Gasteiger partial charge in [0.2, 0.25) is 17.6 Å². The van der Waals surface area contributed by atoms with Crippen LogP contribution in [-0.4, -0.2) is 30.8 Å². The molecule has 0 aliphatic heterocycles. The Morgan fingerprint density at radius 2 is 2.08 bits per heavy atom. The number of hydrogen-bond donors (Lipinski definition) is 1. The number of carbonyl (C=O) groups is 1. The summed E-state index contributed by atoms with van der Waals surface area (Å²) in [6.07, 6.45) is 6.58. The predicted octanol–water partition coefficient (Wildman–Crippen LogP) is 2.87. The standard InChI is InChI=1S/C17H20N6O2/c1-3-12(2)23-14(8-11-19-23)20-15(24)4-5-16-21-17(22-25-16)13-6-9-18-10-7-13/h6-12H,3-5H2,1-2H3,(H,20,24). The first-order chi connectivity index (χ1) is 12.2. The fourth-order valence-electron chi connectivity index (χ4n) is 2.34. The van der Waals surface area contributed by atoms with Crippen LogP contribution in [0.4, 0.5) is 5.82 Å². The molecule has 3 aromatic rings. The molecule has 0 saturated heterocycles. The van der Waals surface area contributed by atoms with Crippen molar-refractivity contribution >= 4 is 11.7 Å². The van der Waals surface area contributed by atoms with E-state index in [2.05, 4.69) is 39.4 Å². The molecule has 0 fully saturated rings. The molecule has 0 aliphatic carbocycles. The van der Waals surface area contributed by atoms with Crippen LogP contribution >= 0.6 is 0 Å². The van der Waals surface area contributed by atoms with Gasteiger partial charge < -0.3 is 9.84 Å². The second-order valence-corrected chi connectivity index (χ2v) is 5.71. The number of nitrogens with zero attached hydrogens (tertiary/aromatic N) is 5. The SMILES string of the molecule is CCC(C)n1nccc1NC(=O)CCc1nc(-c2ccncc2)no1. The molecule has 0 bridgehead atoms. The number of hydrogen-bond acceptors (Lipinski definition) is 6. The Kier molecular flexibility index (Phi) is 5.17. The van der Waals surface area contributed by atoms with E-state index in [1.54, 1.807) is 36.8 Å². The number of carbonyl (C=O) groups excluding carboxylic acids is 1. The van der Waals surface area contributed by atoms with Gasteiger partial charge in [0.25, 0.3) is 0 Å². The van der Waals surface area contributed by atoms with Crippen molar-refractivity contribution in [1.29, 1.82) is 0 Å². The second kappa shape index (κ2) is 7.69. The van der Waals surface area contributed by atoms with Gasteiger partial charge in [-0.15, -0.1) is 0 Å². The Balaban J connectivity index is 1.57. The average molecular weight is 340 g/mol. The van der Waals surface area contributed by atoms with E-state index < -0.39 is 0 Å². The highest BCUT2D eigenvalue weighted by Crippen LogP contribution is 2.17. The molecular formula is C17H20N6O2. The van der Waals surface area contributed by atoms with Crippen LogP contribution in [0.15, 0.2) is 41.3 Å². The summed E-state index contributed by atoms with van der Waals surface area (Å²) in [6, 6.07) is 5.62. The molecule has 1 atom stereocenters. The van der Waals surface area contributed by atoms with E-state index in [1.165, 1.54) is 0 Å². The molecule has 1 unspecified atom stereocenters. The monoisotopic (exact) mass is 340 g/mol. The summed E-state index contributed by atoms with van der Waals surface area (Å²) in [6.45, 7) is 4.13. The Bertz CT molecular complexity index is 827. The maximum atomic E-state index is 12.2. The number of aromatic nitrogens is 5. The van der Waals surface area contributed by atoms with Crippen molar-refractivity contribution in [3.8, 4) is 11.4 Å². The molecule has 25 heavy (non-hydrogen) atoms. The van der Waals surface area contributed by atoms with Gasteiger partial charge in [-0.2, -0.15) is 10.1 Å². The van der Waals surface area contributed by atoms with E-state index in [-0.39, 0.29) is 18.4 Å². The first-order valence-corrected chi connectivity index (χ1v) is 8.23. The van der Waals surface area contributed by atoms with Crippen molar-refractivity contribution in [2.45, 2.75) is 39.2 Å². The van der Waals surface area contributed by atoms with Gasteiger partial charge in [-0.25, -0.2) is 4.68 Å². The molecule has 0 aromatic carbocycles. The number of pyridine rings is 1. The lowest BCUT2D eigenvalue weighted by Gasteiger charge is -2.13. The minimum absolute atomic E-state index is 0.117. The number of rotatable bonds is 7. The Morgan fingerprint density at radius 3 is 2.84 bits per heavy atom. The second-order valence-electron chi connectivity index (χ2n) is 5.71. The van der Waals surface area contributed by atoms with Crippen molar-refractivity contribution in [3.63, 3.8) is 0 Å². The third kappa shape index (κ3) is 4.09. The Labute approximate surface area is 145 Å². The van der Waals surface area contributed by atoms with Crippen molar-refractivity contribution in [3.05, 3.63) is 42.7 Å². The van der Waals surface area contributed by atoms with E-state index >= 15 is 0 Å². The van der Waals surface area contributed by atoms with Gasteiger partial charge >= 0.3 is 0 Å². The smallest absolute Gasteiger partial charge is 0.227 e. The molecular weight excluding hydrogens is 320 g/mol. The zero-order valence-corrected chi connectivity index (χ0v) is 14.2. The third-order valence-corrected chi connectivity index (χ3v) is 3.92.